The van der Waals surface area contributed by atoms with Gasteiger partial charge in [-0.2, -0.15) is 4.80 Å². The van der Waals surface area contributed by atoms with Gasteiger partial charge in [-0.3, -0.25) is 0 Å². The Hall–Kier alpha value is -2.78. The SMILES string of the molecule is Brc1ccc(-c2nnn(Cc3csc(-c4ccc5c(c4)OCO5)n3)n2)cc1. The van der Waals surface area contributed by atoms with E-state index in [4.69, 9.17) is 9.47 Å². The Morgan fingerprint density at radius 2 is 1.85 bits per heavy atom. The molecular formula is C18H12BrN5O2S. The summed E-state index contributed by atoms with van der Waals surface area (Å²) in [7, 11) is 0. The highest BCUT2D eigenvalue weighted by Crippen LogP contribution is 2.36. The van der Waals surface area contributed by atoms with E-state index in [0.29, 0.717) is 12.4 Å². The standard InChI is InChI=1S/C18H12BrN5O2S/c19-13-4-1-11(2-5-13)17-21-23-24(22-17)8-14-9-27-18(20-14)12-3-6-15-16(7-12)26-10-25-15/h1-7,9H,8,10H2. The maximum Gasteiger partial charge on any atom is 0.231 e. The number of thiazole rings is 1. The minimum absolute atomic E-state index is 0.264. The van der Waals surface area contributed by atoms with Crippen LogP contribution in [0.4, 0.5) is 0 Å². The Balaban J connectivity index is 1.34. The summed E-state index contributed by atoms with van der Waals surface area (Å²) >= 11 is 4.99. The number of benzene rings is 2. The number of rotatable bonds is 4. The fourth-order valence-electron chi connectivity index (χ4n) is 2.71. The van der Waals surface area contributed by atoms with Crippen molar-refractivity contribution in [3.8, 4) is 33.5 Å². The lowest BCUT2D eigenvalue weighted by atomic mass is 10.2. The molecule has 2 aromatic carbocycles. The number of ether oxygens (including phenoxy) is 2. The van der Waals surface area contributed by atoms with Crippen LogP contribution in [-0.2, 0) is 6.54 Å². The molecule has 134 valence electrons. The zero-order valence-corrected chi connectivity index (χ0v) is 16.3. The van der Waals surface area contributed by atoms with Crippen molar-refractivity contribution < 1.29 is 9.47 Å². The molecule has 0 saturated heterocycles. The molecule has 0 radical (unpaired) electrons. The van der Waals surface area contributed by atoms with Gasteiger partial charge in [0, 0.05) is 21.0 Å². The lowest BCUT2D eigenvalue weighted by molar-refractivity contribution is 0.174. The van der Waals surface area contributed by atoms with Crippen LogP contribution in [-0.4, -0.2) is 32.0 Å². The molecule has 0 saturated carbocycles. The molecule has 2 aromatic heterocycles. The van der Waals surface area contributed by atoms with Crippen LogP contribution in [0.5, 0.6) is 11.5 Å². The van der Waals surface area contributed by atoms with Crippen molar-refractivity contribution in [3.05, 3.63) is 58.0 Å². The van der Waals surface area contributed by atoms with Crippen LogP contribution in [0.1, 0.15) is 5.69 Å². The molecule has 0 unspecified atom stereocenters. The van der Waals surface area contributed by atoms with E-state index in [2.05, 4.69) is 36.3 Å². The number of nitrogens with zero attached hydrogens (tertiary/aromatic N) is 5. The molecule has 0 aliphatic carbocycles. The predicted octanol–water partition coefficient (Wildman–Crippen LogP) is 4.00. The van der Waals surface area contributed by atoms with E-state index in [9.17, 15) is 0 Å². The third kappa shape index (κ3) is 3.31. The van der Waals surface area contributed by atoms with E-state index >= 15 is 0 Å². The smallest absolute Gasteiger partial charge is 0.231 e. The summed E-state index contributed by atoms with van der Waals surface area (Å²) in [5, 5.41) is 15.6. The van der Waals surface area contributed by atoms with Gasteiger partial charge in [-0.05, 0) is 47.7 Å². The van der Waals surface area contributed by atoms with E-state index in [0.717, 1.165) is 37.8 Å². The molecule has 27 heavy (non-hydrogen) atoms. The van der Waals surface area contributed by atoms with Crippen molar-refractivity contribution in [3.63, 3.8) is 0 Å². The third-order valence-electron chi connectivity index (χ3n) is 4.03. The highest BCUT2D eigenvalue weighted by atomic mass is 79.9. The molecular weight excluding hydrogens is 430 g/mol. The highest BCUT2D eigenvalue weighted by Gasteiger charge is 2.15. The van der Waals surface area contributed by atoms with Crippen LogP contribution in [0.2, 0.25) is 0 Å². The van der Waals surface area contributed by atoms with E-state index in [1.54, 1.807) is 16.1 Å². The molecule has 0 fully saturated rings. The lowest BCUT2D eigenvalue weighted by Gasteiger charge is -1.99. The second kappa shape index (κ2) is 6.75. The van der Waals surface area contributed by atoms with E-state index < -0.39 is 0 Å². The van der Waals surface area contributed by atoms with E-state index in [-0.39, 0.29) is 6.79 Å². The first kappa shape index (κ1) is 16.4. The van der Waals surface area contributed by atoms with E-state index in [1.165, 1.54) is 0 Å². The number of fused-ring (bicyclic) bond motifs is 1. The summed E-state index contributed by atoms with van der Waals surface area (Å²) in [6.07, 6.45) is 0. The largest absolute Gasteiger partial charge is 0.454 e. The quantitative estimate of drug-likeness (QED) is 0.476. The average Bonchev–Trinajstić information content (AvgIpc) is 3.42. The zero-order chi connectivity index (χ0) is 18.2. The van der Waals surface area contributed by atoms with Gasteiger partial charge in [0.2, 0.25) is 12.6 Å². The van der Waals surface area contributed by atoms with Gasteiger partial charge in [0.15, 0.2) is 11.5 Å². The molecule has 0 bridgehead atoms. The van der Waals surface area contributed by atoms with Crippen molar-refractivity contribution in [2.75, 3.05) is 6.79 Å². The van der Waals surface area contributed by atoms with Gasteiger partial charge in [-0.1, -0.05) is 15.9 Å². The van der Waals surface area contributed by atoms with Gasteiger partial charge in [0.25, 0.3) is 0 Å². The van der Waals surface area contributed by atoms with Crippen LogP contribution in [0.3, 0.4) is 0 Å². The molecule has 0 amide bonds. The Bertz CT molecular complexity index is 1110. The maximum atomic E-state index is 5.43. The number of halogens is 1. The Labute approximate surface area is 166 Å². The van der Waals surface area contributed by atoms with Crippen molar-refractivity contribution in [1.29, 1.82) is 0 Å². The van der Waals surface area contributed by atoms with Crippen molar-refractivity contribution in [2.24, 2.45) is 0 Å². The van der Waals surface area contributed by atoms with Gasteiger partial charge in [0.1, 0.15) is 11.6 Å². The maximum absolute atomic E-state index is 5.43. The fourth-order valence-corrected chi connectivity index (χ4v) is 3.78. The van der Waals surface area contributed by atoms with Crippen LogP contribution in [0, 0.1) is 0 Å². The first-order valence-electron chi connectivity index (χ1n) is 8.13. The Morgan fingerprint density at radius 1 is 1.04 bits per heavy atom. The number of tetrazole rings is 1. The molecule has 7 nitrogen and oxygen atoms in total. The first-order chi connectivity index (χ1) is 13.2. The van der Waals surface area contributed by atoms with Gasteiger partial charge < -0.3 is 9.47 Å². The lowest BCUT2D eigenvalue weighted by Crippen LogP contribution is -2.04. The monoisotopic (exact) mass is 441 g/mol. The average molecular weight is 442 g/mol. The van der Waals surface area contributed by atoms with Crippen molar-refractivity contribution in [2.45, 2.75) is 6.54 Å². The summed E-state index contributed by atoms with van der Waals surface area (Å²) in [5.41, 5.74) is 2.80. The predicted molar refractivity (Wildman–Crippen MR) is 104 cm³/mol. The second-order valence-corrected chi connectivity index (χ2v) is 7.64. The summed E-state index contributed by atoms with van der Waals surface area (Å²) in [6.45, 7) is 0.727. The Kier molecular flexibility index (Phi) is 4.10. The molecule has 9 heteroatoms. The van der Waals surface area contributed by atoms with Crippen LogP contribution < -0.4 is 9.47 Å². The summed E-state index contributed by atoms with van der Waals surface area (Å²) in [5.74, 6) is 2.11. The normalized spacial score (nSPS) is 12.5. The van der Waals surface area contributed by atoms with Gasteiger partial charge in [-0.25, -0.2) is 4.98 Å². The van der Waals surface area contributed by atoms with Crippen LogP contribution in [0.25, 0.3) is 22.0 Å². The molecule has 0 N–H and O–H groups in total. The van der Waals surface area contributed by atoms with Crippen molar-refractivity contribution >= 4 is 27.3 Å². The van der Waals surface area contributed by atoms with Crippen LogP contribution >= 0.6 is 27.3 Å². The summed E-state index contributed by atoms with van der Waals surface area (Å²) in [6, 6.07) is 13.6. The molecule has 0 spiro atoms. The summed E-state index contributed by atoms with van der Waals surface area (Å²) in [4.78, 5) is 6.23. The third-order valence-corrected chi connectivity index (χ3v) is 5.50. The van der Waals surface area contributed by atoms with Crippen LogP contribution in [0.15, 0.2) is 52.3 Å². The zero-order valence-electron chi connectivity index (χ0n) is 13.9. The molecule has 0 atom stereocenters. The molecule has 1 aliphatic heterocycles. The minimum atomic E-state index is 0.264. The molecule has 4 aromatic rings. The topological polar surface area (TPSA) is 75.0 Å². The second-order valence-electron chi connectivity index (χ2n) is 5.86. The number of hydrogen-bond acceptors (Lipinski definition) is 7. The van der Waals surface area contributed by atoms with Gasteiger partial charge >= 0.3 is 0 Å². The van der Waals surface area contributed by atoms with Gasteiger partial charge in [0.05, 0.1) is 5.69 Å². The fraction of sp³-hybridized carbons (Fsp3) is 0.111. The summed E-state index contributed by atoms with van der Waals surface area (Å²) < 4.78 is 11.8. The molecule has 5 rings (SSSR count). The number of aromatic nitrogens is 5. The van der Waals surface area contributed by atoms with Gasteiger partial charge in [-0.15, -0.1) is 21.5 Å². The first-order valence-corrected chi connectivity index (χ1v) is 9.80. The Morgan fingerprint density at radius 3 is 2.74 bits per heavy atom. The number of hydrogen-bond donors (Lipinski definition) is 0. The molecule has 3 heterocycles. The van der Waals surface area contributed by atoms with Crippen molar-refractivity contribution in [1.82, 2.24) is 25.2 Å². The highest BCUT2D eigenvalue weighted by molar-refractivity contribution is 9.10. The minimum Gasteiger partial charge on any atom is -0.454 e. The van der Waals surface area contributed by atoms with E-state index in [1.807, 2.05) is 47.8 Å². The molecule has 1 aliphatic rings.